The zero-order chi connectivity index (χ0) is 15.9. The molecule has 0 heterocycles. The van der Waals surface area contributed by atoms with Crippen molar-refractivity contribution in [2.75, 3.05) is 20.3 Å². The number of para-hydroxylation sites is 1. The molecule has 2 aromatic carbocycles. The highest BCUT2D eigenvalue weighted by Crippen LogP contribution is 2.31. The van der Waals surface area contributed by atoms with Crippen molar-refractivity contribution in [2.24, 2.45) is 5.73 Å². The van der Waals surface area contributed by atoms with Gasteiger partial charge in [-0.3, -0.25) is 0 Å². The second-order valence-corrected chi connectivity index (χ2v) is 5.48. The highest BCUT2D eigenvalue weighted by Gasteiger charge is 2.15. The number of rotatable bonds is 7. The number of ether oxygens (including phenoxy) is 2. The smallest absolute Gasteiger partial charge is 0.137 e. The van der Waals surface area contributed by atoms with Crippen molar-refractivity contribution in [2.45, 2.75) is 19.3 Å². The normalized spacial score (nSPS) is 12.0. The van der Waals surface area contributed by atoms with E-state index in [9.17, 15) is 0 Å². The van der Waals surface area contributed by atoms with E-state index in [1.54, 1.807) is 7.11 Å². The molecule has 2 aromatic rings. The molecule has 2 rings (SSSR count). The summed E-state index contributed by atoms with van der Waals surface area (Å²) in [4.78, 5) is 0. The van der Waals surface area contributed by atoms with Crippen LogP contribution in [-0.4, -0.2) is 20.3 Å². The molecule has 4 heteroatoms. The van der Waals surface area contributed by atoms with Gasteiger partial charge >= 0.3 is 0 Å². The summed E-state index contributed by atoms with van der Waals surface area (Å²) in [5, 5.41) is 0.608. The molecule has 0 aromatic heterocycles. The van der Waals surface area contributed by atoms with Gasteiger partial charge in [0.2, 0.25) is 0 Å². The van der Waals surface area contributed by atoms with Crippen LogP contribution in [0.5, 0.6) is 11.5 Å². The van der Waals surface area contributed by atoms with Crippen LogP contribution in [0.15, 0.2) is 42.5 Å². The third kappa shape index (κ3) is 3.93. The highest BCUT2D eigenvalue weighted by molar-refractivity contribution is 6.32. The third-order valence-corrected chi connectivity index (χ3v) is 3.97. The Morgan fingerprint density at radius 3 is 2.55 bits per heavy atom. The summed E-state index contributed by atoms with van der Waals surface area (Å²) in [6.07, 6.45) is 0.815. The Balaban J connectivity index is 2.24. The van der Waals surface area contributed by atoms with E-state index >= 15 is 0 Å². The maximum atomic E-state index is 6.22. The monoisotopic (exact) mass is 319 g/mol. The Morgan fingerprint density at radius 1 is 1.14 bits per heavy atom. The van der Waals surface area contributed by atoms with E-state index in [1.165, 1.54) is 0 Å². The van der Waals surface area contributed by atoms with Crippen LogP contribution in [-0.2, 0) is 6.42 Å². The van der Waals surface area contributed by atoms with Crippen LogP contribution in [0.1, 0.15) is 24.0 Å². The van der Waals surface area contributed by atoms with E-state index < -0.39 is 0 Å². The lowest BCUT2D eigenvalue weighted by Crippen LogP contribution is -2.15. The molecule has 0 amide bonds. The summed E-state index contributed by atoms with van der Waals surface area (Å²) in [7, 11) is 1.61. The summed E-state index contributed by atoms with van der Waals surface area (Å²) in [5.41, 5.74) is 8.25. The Hall–Kier alpha value is -1.71. The maximum Gasteiger partial charge on any atom is 0.137 e. The number of hydrogen-bond donors (Lipinski definition) is 1. The SMILES string of the molecule is CCOc1ccccc1CC(CN)c1ccc(OC)c(Cl)c1. The predicted molar refractivity (Wildman–Crippen MR) is 91.1 cm³/mol. The van der Waals surface area contributed by atoms with E-state index in [1.807, 2.05) is 43.3 Å². The summed E-state index contributed by atoms with van der Waals surface area (Å²) >= 11 is 6.22. The number of hydrogen-bond acceptors (Lipinski definition) is 3. The summed E-state index contributed by atoms with van der Waals surface area (Å²) in [5.74, 6) is 1.78. The standard InChI is InChI=1S/C18H22ClNO2/c1-3-22-17-7-5-4-6-14(17)10-15(12-20)13-8-9-18(21-2)16(19)11-13/h4-9,11,15H,3,10,12,20H2,1-2H3. The Bertz CT molecular complexity index is 616. The zero-order valence-corrected chi connectivity index (χ0v) is 13.8. The average Bonchev–Trinajstić information content (AvgIpc) is 2.54. The van der Waals surface area contributed by atoms with Crippen LogP contribution in [0.4, 0.5) is 0 Å². The van der Waals surface area contributed by atoms with Gasteiger partial charge in [-0.05, 0) is 49.2 Å². The fourth-order valence-electron chi connectivity index (χ4n) is 2.51. The number of halogens is 1. The lowest BCUT2D eigenvalue weighted by molar-refractivity contribution is 0.335. The first-order valence-electron chi connectivity index (χ1n) is 7.43. The Labute approximate surface area is 137 Å². The van der Waals surface area contributed by atoms with Gasteiger partial charge in [0.05, 0.1) is 18.7 Å². The van der Waals surface area contributed by atoms with Gasteiger partial charge in [-0.25, -0.2) is 0 Å². The molecule has 1 atom stereocenters. The van der Waals surface area contributed by atoms with E-state index in [0.29, 0.717) is 23.9 Å². The first kappa shape index (κ1) is 16.7. The Morgan fingerprint density at radius 2 is 1.91 bits per heavy atom. The fraction of sp³-hybridized carbons (Fsp3) is 0.333. The van der Waals surface area contributed by atoms with Crippen LogP contribution >= 0.6 is 11.6 Å². The van der Waals surface area contributed by atoms with Gasteiger partial charge in [0.1, 0.15) is 11.5 Å². The molecule has 118 valence electrons. The first-order valence-corrected chi connectivity index (χ1v) is 7.81. The van der Waals surface area contributed by atoms with Crippen LogP contribution in [0.2, 0.25) is 5.02 Å². The van der Waals surface area contributed by atoms with Gasteiger partial charge in [-0.1, -0.05) is 35.9 Å². The number of benzene rings is 2. The minimum absolute atomic E-state index is 0.185. The molecule has 0 fully saturated rings. The number of nitrogens with two attached hydrogens (primary N) is 1. The highest BCUT2D eigenvalue weighted by atomic mass is 35.5. The van der Waals surface area contributed by atoms with E-state index in [2.05, 4.69) is 6.07 Å². The van der Waals surface area contributed by atoms with Crippen LogP contribution in [0, 0.1) is 0 Å². The summed E-state index contributed by atoms with van der Waals surface area (Å²) in [6, 6.07) is 13.9. The van der Waals surface area contributed by atoms with Gasteiger partial charge in [-0.15, -0.1) is 0 Å². The van der Waals surface area contributed by atoms with Crippen molar-refractivity contribution in [3.05, 3.63) is 58.6 Å². The first-order chi connectivity index (χ1) is 10.7. The van der Waals surface area contributed by atoms with Crippen LogP contribution in [0.3, 0.4) is 0 Å². The fourth-order valence-corrected chi connectivity index (χ4v) is 2.77. The van der Waals surface area contributed by atoms with Crippen molar-refractivity contribution in [3.8, 4) is 11.5 Å². The van der Waals surface area contributed by atoms with Crippen LogP contribution in [0.25, 0.3) is 0 Å². The second-order valence-electron chi connectivity index (χ2n) is 5.07. The number of methoxy groups -OCH3 is 1. The average molecular weight is 320 g/mol. The molecule has 0 spiro atoms. The third-order valence-electron chi connectivity index (χ3n) is 3.67. The molecular formula is C18H22ClNO2. The molecule has 0 radical (unpaired) electrons. The molecule has 3 nitrogen and oxygen atoms in total. The molecule has 1 unspecified atom stereocenters. The molecular weight excluding hydrogens is 298 g/mol. The van der Waals surface area contributed by atoms with Crippen LogP contribution < -0.4 is 15.2 Å². The van der Waals surface area contributed by atoms with Crippen molar-refractivity contribution in [1.82, 2.24) is 0 Å². The van der Waals surface area contributed by atoms with Crippen molar-refractivity contribution in [3.63, 3.8) is 0 Å². The van der Waals surface area contributed by atoms with Crippen molar-refractivity contribution >= 4 is 11.6 Å². The molecule has 0 saturated carbocycles. The molecule has 0 aliphatic heterocycles. The summed E-state index contributed by atoms with van der Waals surface area (Å²) < 4.78 is 10.9. The minimum Gasteiger partial charge on any atom is -0.495 e. The van der Waals surface area contributed by atoms with Gasteiger partial charge in [0.25, 0.3) is 0 Å². The van der Waals surface area contributed by atoms with Crippen molar-refractivity contribution in [1.29, 1.82) is 0 Å². The molecule has 0 aliphatic rings. The lowest BCUT2D eigenvalue weighted by atomic mass is 9.91. The molecule has 0 aliphatic carbocycles. The maximum absolute atomic E-state index is 6.22. The second kappa shape index (κ2) is 8.06. The predicted octanol–water partition coefficient (Wildman–Crippen LogP) is 4.03. The van der Waals surface area contributed by atoms with Gasteiger partial charge in [0, 0.05) is 5.92 Å². The van der Waals surface area contributed by atoms with E-state index in [-0.39, 0.29) is 5.92 Å². The van der Waals surface area contributed by atoms with E-state index in [0.717, 1.165) is 23.3 Å². The van der Waals surface area contributed by atoms with Gasteiger partial charge < -0.3 is 15.2 Å². The molecule has 22 heavy (non-hydrogen) atoms. The zero-order valence-electron chi connectivity index (χ0n) is 13.0. The lowest BCUT2D eigenvalue weighted by Gasteiger charge is -2.18. The summed E-state index contributed by atoms with van der Waals surface area (Å²) in [6.45, 7) is 3.18. The largest absolute Gasteiger partial charge is 0.495 e. The molecule has 0 bridgehead atoms. The minimum atomic E-state index is 0.185. The molecule has 2 N–H and O–H groups in total. The van der Waals surface area contributed by atoms with Gasteiger partial charge in [0.15, 0.2) is 0 Å². The topological polar surface area (TPSA) is 44.5 Å². The van der Waals surface area contributed by atoms with E-state index in [4.69, 9.17) is 26.8 Å². The Kier molecular flexibility index (Phi) is 6.10. The molecule has 0 saturated heterocycles. The van der Waals surface area contributed by atoms with Crippen molar-refractivity contribution < 1.29 is 9.47 Å². The van der Waals surface area contributed by atoms with Gasteiger partial charge in [-0.2, -0.15) is 0 Å². The quantitative estimate of drug-likeness (QED) is 0.838.